The molecule has 1 aromatic heterocycles. The number of nitrogens with zero attached hydrogens (tertiary/aromatic N) is 2. The normalized spacial score (nSPS) is 16.6. The molecule has 2 unspecified atom stereocenters. The molecule has 0 spiro atoms. The number of hydrogen-bond acceptors (Lipinski definition) is 4. The summed E-state index contributed by atoms with van der Waals surface area (Å²) in [4.78, 5) is 31.8. The zero-order valence-electron chi connectivity index (χ0n) is 21.7. The van der Waals surface area contributed by atoms with E-state index in [0.29, 0.717) is 32.5 Å². The molecule has 3 rings (SSSR count). The fraction of sp³-hybridized carbons (Fsp3) is 0.571. The van der Waals surface area contributed by atoms with E-state index in [4.69, 9.17) is 4.74 Å². The van der Waals surface area contributed by atoms with Gasteiger partial charge in [0.2, 0.25) is 11.8 Å². The van der Waals surface area contributed by atoms with Crippen molar-refractivity contribution in [3.05, 3.63) is 57.5 Å². The highest BCUT2D eigenvalue weighted by Crippen LogP contribution is 2.38. The molecule has 1 aromatic carbocycles. The summed E-state index contributed by atoms with van der Waals surface area (Å²) in [6, 6.07) is 8.18. The predicted octanol–water partition coefficient (Wildman–Crippen LogP) is 5.69. The maximum Gasteiger partial charge on any atom is 0.242 e. The standard InChI is InChI=1S/C28H39FN2O3S/c1-20(18-28(2,3)4)17-25(32)30(13-6-15-34-5)19-26(33)31-14-11-24-23(12-16-35-24)27(31)21-7-9-22(29)10-8-21/h7-10,12,16,20,27H,6,11,13-15,17-19H2,1-5H3. The largest absolute Gasteiger partial charge is 0.385 e. The molecule has 2 atom stereocenters. The van der Waals surface area contributed by atoms with Crippen molar-refractivity contribution in [2.75, 3.05) is 33.4 Å². The number of amides is 2. The van der Waals surface area contributed by atoms with Crippen LogP contribution in [0.15, 0.2) is 35.7 Å². The van der Waals surface area contributed by atoms with Crippen LogP contribution in [0.25, 0.3) is 0 Å². The van der Waals surface area contributed by atoms with Crippen molar-refractivity contribution in [2.24, 2.45) is 11.3 Å². The molecule has 192 valence electrons. The van der Waals surface area contributed by atoms with Gasteiger partial charge in [0.1, 0.15) is 5.82 Å². The molecule has 2 heterocycles. The average molecular weight is 503 g/mol. The third kappa shape index (κ3) is 7.61. The van der Waals surface area contributed by atoms with Crippen molar-refractivity contribution in [1.82, 2.24) is 9.80 Å². The van der Waals surface area contributed by atoms with Crippen molar-refractivity contribution in [3.8, 4) is 0 Å². The number of halogens is 1. The summed E-state index contributed by atoms with van der Waals surface area (Å²) >= 11 is 1.69. The molecule has 5 nitrogen and oxygen atoms in total. The first-order valence-corrected chi connectivity index (χ1v) is 13.3. The Kier molecular flexibility index (Phi) is 9.47. The van der Waals surface area contributed by atoms with Gasteiger partial charge in [0, 0.05) is 38.1 Å². The number of fused-ring (bicyclic) bond motifs is 1. The van der Waals surface area contributed by atoms with Gasteiger partial charge in [-0.25, -0.2) is 4.39 Å². The fourth-order valence-electron chi connectivity index (χ4n) is 5.08. The van der Waals surface area contributed by atoms with Crippen molar-refractivity contribution in [1.29, 1.82) is 0 Å². The van der Waals surface area contributed by atoms with Gasteiger partial charge in [-0.05, 0) is 65.3 Å². The number of carbonyl (C=O) groups excluding carboxylic acids is 2. The van der Waals surface area contributed by atoms with Gasteiger partial charge < -0.3 is 14.5 Å². The number of benzene rings is 1. The molecule has 7 heteroatoms. The second-order valence-electron chi connectivity index (χ2n) is 10.8. The number of carbonyl (C=O) groups is 2. The highest BCUT2D eigenvalue weighted by atomic mass is 32.1. The number of hydrogen-bond donors (Lipinski definition) is 0. The Hall–Kier alpha value is -2.25. The molecule has 0 radical (unpaired) electrons. The molecule has 0 saturated carbocycles. The van der Waals surface area contributed by atoms with Gasteiger partial charge in [0.25, 0.3) is 0 Å². The smallest absolute Gasteiger partial charge is 0.242 e. The number of rotatable bonds is 10. The molecule has 2 amide bonds. The Bertz CT molecular complexity index is 983. The zero-order chi connectivity index (χ0) is 25.6. The van der Waals surface area contributed by atoms with Crippen LogP contribution in [-0.4, -0.2) is 55.0 Å². The minimum absolute atomic E-state index is 0.0118. The lowest BCUT2D eigenvalue weighted by Crippen LogP contribution is -2.47. The first-order valence-electron chi connectivity index (χ1n) is 12.5. The highest BCUT2D eigenvalue weighted by molar-refractivity contribution is 7.10. The summed E-state index contributed by atoms with van der Waals surface area (Å²) in [7, 11) is 1.64. The van der Waals surface area contributed by atoms with Crippen molar-refractivity contribution in [2.45, 2.75) is 59.4 Å². The van der Waals surface area contributed by atoms with Crippen LogP contribution >= 0.6 is 11.3 Å². The van der Waals surface area contributed by atoms with Crippen LogP contribution in [-0.2, 0) is 20.7 Å². The molecule has 2 aromatic rings. The average Bonchev–Trinajstić information content (AvgIpc) is 3.26. The van der Waals surface area contributed by atoms with Gasteiger partial charge in [-0.1, -0.05) is 39.8 Å². The van der Waals surface area contributed by atoms with Crippen LogP contribution in [0.3, 0.4) is 0 Å². The summed E-state index contributed by atoms with van der Waals surface area (Å²) in [6.07, 6.45) is 2.84. The molecule has 0 fully saturated rings. The molecular formula is C28H39FN2O3S. The quantitative estimate of drug-likeness (QED) is 0.392. The van der Waals surface area contributed by atoms with Gasteiger partial charge >= 0.3 is 0 Å². The van der Waals surface area contributed by atoms with Gasteiger partial charge in [-0.15, -0.1) is 11.3 Å². The first kappa shape index (κ1) is 27.3. The molecular weight excluding hydrogens is 463 g/mol. The lowest BCUT2D eigenvalue weighted by molar-refractivity contribution is -0.142. The SMILES string of the molecule is COCCCN(CC(=O)N1CCc2sccc2C1c1ccc(F)cc1)C(=O)CC(C)CC(C)(C)C. The minimum Gasteiger partial charge on any atom is -0.385 e. The topological polar surface area (TPSA) is 49.9 Å². The monoisotopic (exact) mass is 502 g/mol. The Morgan fingerprint density at radius 2 is 1.94 bits per heavy atom. The summed E-state index contributed by atoms with van der Waals surface area (Å²) < 4.78 is 18.8. The third-order valence-electron chi connectivity index (χ3n) is 6.41. The summed E-state index contributed by atoms with van der Waals surface area (Å²) in [6.45, 7) is 10.3. The zero-order valence-corrected chi connectivity index (χ0v) is 22.5. The van der Waals surface area contributed by atoms with Crippen molar-refractivity contribution in [3.63, 3.8) is 0 Å². The van der Waals surface area contributed by atoms with Crippen LogP contribution in [0.5, 0.6) is 0 Å². The van der Waals surface area contributed by atoms with Gasteiger partial charge in [-0.3, -0.25) is 9.59 Å². The lowest BCUT2D eigenvalue weighted by atomic mass is 9.84. The van der Waals surface area contributed by atoms with Crippen LogP contribution in [0.1, 0.15) is 69.0 Å². The van der Waals surface area contributed by atoms with E-state index in [9.17, 15) is 14.0 Å². The van der Waals surface area contributed by atoms with E-state index in [1.165, 1.54) is 17.0 Å². The second-order valence-corrected chi connectivity index (χ2v) is 11.8. The molecule has 1 aliphatic heterocycles. The van der Waals surface area contributed by atoms with E-state index in [1.807, 2.05) is 10.3 Å². The van der Waals surface area contributed by atoms with Crippen molar-refractivity contribution >= 4 is 23.2 Å². The lowest BCUT2D eigenvalue weighted by Gasteiger charge is -2.38. The van der Waals surface area contributed by atoms with Crippen LogP contribution in [0, 0.1) is 17.2 Å². The highest BCUT2D eigenvalue weighted by Gasteiger charge is 2.34. The predicted molar refractivity (Wildman–Crippen MR) is 139 cm³/mol. The van der Waals surface area contributed by atoms with Crippen LogP contribution in [0.2, 0.25) is 0 Å². The third-order valence-corrected chi connectivity index (χ3v) is 7.41. The summed E-state index contributed by atoms with van der Waals surface area (Å²) in [5.41, 5.74) is 2.12. The van der Waals surface area contributed by atoms with Gasteiger partial charge in [0.05, 0.1) is 12.6 Å². The second kappa shape index (κ2) is 12.1. The maximum atomic E-state index is 13.7. The molecule has 0 bridgehead atoms. The Labute approximate surface area is 213 Å². The van der Waals surface area contributed by atoms with E-state index in [2.05, 4.69) is 33.8 Å². The van der Waals surface area contributed by atoms with E-state index in [-0.39, 0.29) is 41.6 Å². The number of methoxy groups -OCH3 is 1. The summed E-state index contributed by atoms with van der Waals surface area (Å²) in [5, 5.41) is 2.05. The van der Waals surface area contributed by atoms with Crippen LogP contribution < -0.4 is 0 Å². The van der Waals surface area contributed by atoms with Gasteiger partial charge in [-0.2, -0.15) is 0 Å². The first-order chi connectivity index (χ1) is 16.6. The van der Waals surface area contributed by atoms with Crippen LogP contribution in [0.4, 0.5) is 4.39 Å². The maximum absolute atomic E-state index is 13.7. The Morgan fingerprint density at radius 1 is 1.23 bits per heavy atom. The molecule has 0 saturated heterocycles. The Morgan fingerprint density at radius 3 is 2.60 bits per heavy atom. The number of ether oxygens (including phenoxy) is 1. The van der Waals surface area contributed by atoms with E-state index >= 15 is 0 Å². The van der Waals surface area contributed by atoms with E-state index < -0.39 is 0 Å². The Balaban J connectivity index is 1.79. The van der Waals surface area contributed by atoms with Gasteiger partial charge in [0.15, 0.2) is 0 Å². The summed E-state index contributed by atoms with van der Waals surface area (Å²) in [5.74, 6) is -0.131. The molecule has 1 aliphatic rings. The minimum atomic E-state index is -0.299. The van der Waals surface area contributed by atoms with E-state index in [1.54, 1.807) is 35.5 Å². The number of thiophene rings is 1. The molecule has 0 aliphatic carbocycles. The molecule has 0 N–H and O–H groups in total. The molecule has 35 heavy (non-hydrogen) atoms. The van der Waals surface area contributed by atoms with E-state index in [0.717, 1.165) is 24.0 Å². The van der Waals surface area contributed by atoms with Crippen molar-refractivity contribution < 1.29 is 18.7 Å². The fourth-order valence-corrected chi connectivity index (χ4v) is 5.98.